The van der Waals surface area contributed by atoms with Crippen molar-refractivity contribution in [2.75, 3.05) is 5.32 Å². The molecule has 0 aliphatic heterocycles. The van der Waals surface area contributed by atoms with E-state index in [2.05, 4.69) is 15.4 Å². The first-order valence-corrected chi connectivity index (χ1v) is 8.90. The maximum atomic E-state index is 12.8. The number of nitrogens with zero attached hydrogens (tertiary/aromatic N) is 4. The van der Waals surface area contributed by atoms with Crippen molar-refractivity contribution in [3.63, 3.8) is 0 Å². The Balaban J connectivity index is 1.57. The number of nitrogens with one attached hydrogen (secondary N) is 1. The van der Waals surface area contributed by atoms with Crippen LogP contribution in [0.15, 0.2) is 53.6 Å². The molecule has 0 bridgehead atoms. The summed E-state index contributed by atoms with van der Waals surface area (Å²) in [6.07, 6.45) is 0.347. The minimum Gasteiger partial charge on any atom is -0.324 e. The number of halogens is 3. The summed E-state index contributed by atoms with van der Waals surface area (Å²) in [6.45, 7) is -0.415. The molecule has 1 saturated carbocycles. The number of hydrogen-bond donors (Lipinski definition) is 1. The zero-order valence-electron chi connectivity index (χ0n) is 15.1. The minimum absolute atomic E-state index is 0.00742. The Morgan fingerprint density at radius 1 is 1.21 bits per heavy atom. The number of benzene rings is 1. The molecule has 1 amide bonds. The smallest absolute Gasteiger partial charge is 0.324 e. The highest BCUT2D eigenvalue weighted by molar-refractivity contribution is 5.90. The van der Waals surface area contributed by atoms with Gasteiger partial charge in [-0.3, -0.25) is 14.3 Å². The molecule has 1 aliphatic rings. The lowest BCUT2D eigenvalue weighted by molar-refractivity contribution is -0.137. The van der Waals surface area contributed by atoms with Gasteiger partial charge in [0, 0.05) is 29.7 Å². The zero-order valence-corrected chi connectivity index (χ0v) is 15.1. The average molecular weight is 403 g/mol. The first-order valence-electron chi connectivity index (χ1n) is 8.90. The number of alkyl halides is 3. The predicted molar refractivity (Wildman–Crippen MR) is 98.1 cm³/mol. The van der Waals surface area contributed by atoms with Crippen LogP contribution in [0.4, 0.5) is 18.9 Å². The van der Waals surface area contributed by atoms with E-state index >= 15 is 0 Å². The van der Waals surface area contributed by atoms with Gasteiger partial charge in [0.15, 0.2) is 5.82 Å². The van der Waals surface area contributed by atoms with Gasteiger partial charge < -0.3 is 5.32 Å². The third-order valence-electron chi connectivity index (χ3n) is 4.47. The molecule has 1 N–H and O–H groups in total. The zero-order chi connectivity index (χ0) is 20.6. The molecule has 0 spiro atoms. The lowest BCUT2D eigenvalue weighted by atomic mass is 10.2. The molecule has 150 valence electrons. The molecule has 3 aromatic rings. The second kappa shape index (κ2) is 7.19. The maximum absolute atomic E-state index is 12.8. The van der Waals surface area contributed by atoms with Crippen molar-refractivity contribution in [2.45, 2.75) is 31.6 Å². The highest BCUT2D eigenvalue weighted by atomic mass is 19.4. The summed E-state index contributed by atoms with van der Waals surface area (Å²) in [5.41, 5.74) is -0.671. The van der Waals surface area contributed by atoms with Crippen LogP contribution in [0.25, 0.3) is 11.4 Å². The minimum atomic E-state index is -4.51. The molecule has 0 atom stereocenters. The summed E-state index contributed by atoms with van der Waals surface area (Å²) in [5.74, 6) is -0.234. The molecule has 7 nitrogen and oxygen atoms in total. The van der Waals surface area contributed by atoms with Gasteiger partial charge in [-0.15, -0.1) is 5.10 Å². The topological polar surface area (TPSA) is 81.8 Å². The molecule has 1 fully saturated rings. The van der Waals surface area contributed by atoms with Gasteiger partial charge in [0.25, 0.3) is 0 Å². The standard InChI is InChI=1S/C19H16F3N5O2/c20-19(21,22)13-4-1-5-14(9-13)24-16(28)11-26-18(29)27(15-6-7-15)17(25-26)12-3-2-8-23-10-12/h1-5,8-10,15H,6-7,11H2,(H,24,28). The fraction of sp³-hybridized carbons (Fsp3) is 0.263. The van der Waals surface area contributed by atoms with Crippen LogP contribution >= 0.6 is 0 Å². The van der Waals surface area contributed by atoms with Crippen molar-refractivity contribution >= 4 is 11.6 Å². The normalized spacial score (nSPS) is 14.0. The second-order valence-corrected chi connectivity index (χ2v) is 6.73. The van der Waals surface area contributed by atoms with E-state index in [1.54, 1.807) is 24.5 Å². The molecular weight excluding hydrogens is 387 g/mol. The third-order valence-corrected chi connectivity index (χ3v) is 4.47. The lowest BCUT2D eigenvalue weighted by Crippen LogP contribution is -2.30. The Labute approximate surface area is 162 Å². The Morgan fingerprint density at radius 2 is 2.00 bits per heavy atom. The Bertz CT molecular complexity index is 1100. The Morgan fingerprint density at radius 3 is 2.66 bits per heavy atom. The second-order valence-electron chi connectivity index (χ2n) is 6.73. The molecule has 2 heterocycles. The van der Waals surface area contributed by atoms with Gasteiger partial charge in [-0.05, 0) is 43.2 Å². The fourth-order valence-corrected chi connectivity index (χ4v) is 2.99. The van der Waals surface area contributed by atoms with Gasteiger partial charge in [-0.1, -0.05) is 6.07 Å². The highest BCUT2D eigenvalue weighted by Crippen LogP contribution is 2.36. The van der Waals surface area contributed by atoms with E-state index in [1.165, 1.54) is 16.7 Å². The Kier molecular flexibility index (Phi) is 4.69. The monoisotopic (exact) mass is 403 g/mol. The predicted octanol–water partition coefficient (Wildman–Crippen LogP) is 3.10. The van der Waals surface area contributed by atoms with Gasteiger partial charge in [0.2, 0.25) is 5.91 Å². The van der Waals surface area contributed by atoms with Gasteiger partial charge in [0.1, 0.15) is 6.54 Å². The van der Waals surface area contributed by atoms with E-state index in [0.717, 1.165) is 29.7 Å². The highest BCUT2D eigenvalue weighted by Gasteiger charge is 2.32. The number of rotatable bonds is 5. The molecular formula is C19H16F3N5O2. The number of aromatic nitrogens is 4. The van der Waals surface area contributed by atoms with Crippen LogP contribution < -0.4 is 11.0 Å². The van der Waals surface area contributed by atoms with E-state index in [1.807, 2.05) is 0 Å². The molecule has 29 heavy (non-hydrogen) atoms. The van der Waals surface area contributed by atoms with Gasteiger partial charge in [-0.2, -0.15) is 13.2 Å². The molecule has 0 unspecified atom stereocenters. The molecule has 4 rings (SSSR count). The molecule has 1 aliphatic carbocycles. The third kappa shape index (κ3) is 4.05. The summed E-state index contributed by atoms with van der Waals surface area (Å²) in [5, 5.41) is 6.65. The van der Waals surface area contributed by atoms with E-state index < -0.39 is 29.9 Å². The van der Waals surface area contributed by atoms with Crippen molar-refractivity contribution in [1.29, 1.82) is 0 Å². The number of pyridine rings is 1. The van der Waals surface area contributed by atoms with Crippen LogP contribution in [0.5, 0.6) is 0 Å². The largest absolute Gasteiger partial charge is 0.416 e. The average Bonchev–Trinajstić information content (AvgIpc) is 3.47. The number of hydrogen-bond acceptors (Lipinski definition) is 4. The van der Waals surface area contributed by atoms with Crippen LogP contribution in [0.2, 0.25) is 0 Å². The van der Waals surface area contributed by atoms with Crippen LogP contribution in [0, 0.1) is 0 Å². The van der Waals surface area contributed by atoms with Crippen molar-refractivity contribution in [3.8, 4) is 11.4 Å². The summed E-state index contributed by atoms with van der Waals surface area (Å²) < 4.78 is 41.0. The number of anilines is 1. The number of carbonyl (C=O) groups is 1. The van der Waals surface area contributed by atoms with Crippen LogP contribution in [0.1, 0.15) is 24.4 Å². The van der Waals surface area contributed by atoms with Crippen molar-refractivity contribution in [3.05, 3.63) is 64.8 Å². The molecule has 0 saturated heterocycles. The first-order chi connectivity index (χ1) is 13.8. The van der Waals surface area contributed by atoms with Gasteiger partial charge in [0.05, 0.1) is 5.56 Å². The summed E-state index contributed by atoms with van der Waals surface area (Å²) in [7, 11) is 0. The molecule has 10 heteroatoms. The summed E-state index contributed by atoms with van der Waals surface area (Å²) >= 11 is 0. The van der Waals surface area contributed by atoms with Crippen LogP contribution in [-0.2, 0) is 17.5 Å². The van der Waals surface area contributed by atoms with E-state index in [0.29, 0.717) is 11.4 Å². The summed E-state index contributed by atoms with van der Waals surface area (Å²) in [6, 6.07) is 7.81. The molecule has 1 aromatic carbocycles. The fourth-order valence-electron chi connectivity index (χ4n) is 2.99. The first kappa shape index (κ1) is 18.9. The molecule has 2 aromatic heterocycles. The van der Waals surface area contributed by atoms with E-state index in [4.69, 9.17) is 0 Å². The molecule has 0 radical (unpaired) electrons. The van der Waals surface area contributed by atoms with Crippen molar-refractivity contribution in [2.24, 2.45) is 0 Å². The van der Waals surface area contributed by atoms with Gasteiger partial charge in [-0.25, -0.2) is 9.48 Å². The quantitative estimate of drug-likeness (QED) is 0.710. The lowest BCUT2D eigenvalue weighted by Gasteiger charge is -2.09. The SMILES string of the molecule is O=C(Cn1nc(-c2cccnc2)n(C2CC2)c1=O)Nc1cccc(C(F)(F)F)c1. The van der Waals surface area contributed by atoms with Crippen molar-refractivity contribution < 1.29 is 18.0 Å². The summed E-state index contributed by atoms with van der Waals surface area (Å²) in [4.78, 5) is 29.1. The number of amides is 1. The van der Waals surface area contributed by atoms with E-state index in [-0.39, 0.29) is 11.7 Å². The maximum Gasteiger partial charge on any atom is 0.416 e. The number of carbonyl (C=O) groups excluding carboxylic acids is 1. The van der Waals surface area contributed by atoms with E-state index in [9.17, 15) is 22.8 Å². The van der Waals surface area contributed by atoms with Crippen LogP contribution in [-0.4, -0.2) is 25.2 Å². The van der Waals surface area contributed by atoms with Crippen LogP contribution in [0.3, 0.4) is 0 Å². The van der Waals surface area contributed by atoms with Crippen molar-refractivity contribution in [1.82, 2.24) is 19.3 Å². The Hall–Kier alpha value is -3.43. The van der Waals surface area contributed by atoms with Gasteiger partial charge >= 0.3 is 11.9 Å².